The Balaban J connectivity index is 1.06. The number of carboxylic acid groups (broad SMARTS) is 1. The first-order valence-corrected chi connectivity index (χ1v) is 13.5. The molecule has 1 unspecified atom stereocenters. The Morgan fingerprint density at radius 3 is 2.56 bits per heavy atom. The first-order chi connectivity index (χ1) is 19.9. The van der Waals surface area contributed by atoms with Gasteiger partial charge in [-0.15, -0.1) is 0 Å². The fourth-order valence-electron chi connectivity index (χ4n) is 5.17. The maximum Gasteiger partial charge on any atom is 0.335 e. The summed E-state index contributed by atoms with van der Waals surface area (Å²) in [5.74, 6) is 0.836. The summed E-state index contributed by atoms with van der Waals surface area (Å²) in [5, 5.41) is 12.9. The van der Waals surface area contributed by atoms with E-state index in [0.29, 0.717) is 29.5 Å². The second kappa shape index (κ2) is 11.2. The van der Waals surface area contributed by atoms with E-state index in [1.807, 2.05) is 49.4 Å². The summed E-state index contributed by atoms with van der Waals surface area (Å²) >= 11 is 0. The Labute approximate surface area is 237 Å². The molecule has 41 heavy (non-hydrogen) atoms. The van der Waals surface area contributed by atoms with Crippen molar-refractivity contribution in [2.75, 3.05) is 29.9 Å². The van der Waals surface area contributed by atoms with Gasteiger partial charge < -0.3 is 24.5 Å². The number of hydrogen-bond acceptors (Lipinski definition) is 6. The van der Waals surface area contributed by atoms with Gasteiger partial charge in [-0.1, -0.05) is 36.4 Å². The van der Waals surface area contributed by atoms with Crippen LogP contribution in [0.2, 0.25) is 0 Å². The monoisotopic (exact) mass is 547 g/mol. The van der Waals surface area contributed by atoms with Gasteiger partial charge in [-0.05, 0) is 73.0 Å². The molecular weight excluding hydrogens is 518 g/mol. The Morgan fingerprint density at radius 1 is 1.02 bits per heavy atom. The first-order valence-electron chi connectivity index (χ1n) is 13.5. The maximum atomic E-state index is 13.1. The topological polar surface area (TPSA) is 105 Å². The number of aromatic nitrogens is 1. The number of aryl methyl sites for hydroxylation is 1. The van der Waals surface area contributed by atoms with E-state index in [1.165, 1.54) is 0 Å². The number of furan rings is 1. The third-order valence-corrected chi connectivity index (χ3v) is 7.45. The number of pyridine rings is 1. The minimum absolute atomic E-state index is 0.236. The Morgan fingerprint density at radius 2 is 1.83 bits per heavy atom. The highest BCUT2D eigenvalue weighted by molar-refractivity contribution is 6.06. The lowest BCUT2D eigenvalue weighted by Crippen LogP contribution is -2.22. The average Bonchev–Trinajstić information content (AvgIpc) is 3.61. The minimum atomic E-state index is -0.955. The van der Waals surface area contributed by atoms with Gasteiger partial charge in [0.15, 0.2) is 5.76 Å². The van der Waals surface area contributed by atoms with Crippen LogP contribution in [0, 0.1) is 12.8 Å². The smallest absolute Gasteiger partial charge is 0.335 e. The van der Waals surface area contributed by atoms with Crippen molar-refractivity contribution in [3.05, 3.63) is 108 Å². The lowest BCUT2D eigenvalue weighted by molar-refractivity contribution is 0.0696. The van der Waals surface area contributed by atoms with Crippen LogP contribution in [-0.4, -0.2) is 41.7 Å². The second-order valence-electron chi connectivity index (χ2n) is 10.2. The van der Waals surface area contributed by atoms with Gasteiger partial charge in [0.25, 0.3) is 5.91 Å². The molecule has 2 N–H and O–H groups in total. The maximum absolute atomic E-state index is 13.1. The number of fused-ring (bicyclic) bond motifs is 1. The molecule has 3 heterocycles. The van der Waals surface area contributed by atoms with E-state index < -0.39 is 5.97 Å². The van der Waals surface area contributed by atoms with Crippen molar-refractivity contribution in [2.24, 2.45) is 5.92 Å². The molecule has 1 aliphatic rings. The molecule has 0 aliphatic carbocycles. The van der Waals surface area contributed by atoms with E-state index in [1.54, 1.807) is 30.5 Å². The van der Waals surface area contributed by atoms with Crippen LogP contribution in [0.5, 0.6) is 5.75 Å². The first kappa shape index (κ1) is 26.1. The predicted molar refractivity (Wildman–Crippen MR) is 158 cm³/mol. The highest BCUT2D eigenvalue weighted by Gasteiger charge is 2.24. The highest BCUT2D eigenvalue weighted by atomic mass is 16.5. The molecule has 5 aromatic rings. The van der Waals surface area contributed by atoms with Gasteiger partial charge in [0.05, 0.1) is 24.1 Å². The molecule has 2 aromatic heterocycles. The van der Waals surface area contributed by atoms with Gasteiger partial charge in [0.1, 0.15) is 17.2 Å². The van der Waals surface area contributed by atoms with Crippen molar-refractivity contribution in [3.8, 4) is 16.9 Å². The summed E-state index contributed by atoms with van der Waals surface area (Å²) in [7, 11) is 0. The van der Waals surface area contributed by atoms with E-state index in [0.717, 1.165) is 47.4 Å². The number of aromatic carboxylic acids is 1. The number of amides is 1. The molecule has 1 saturated heterocycles. The number of rotatable bonds is 8. The van der Waals surface area contributed by atoms with Crippen molar-refractivity contribution in [3.63, 3.8) is 0 Å². The van der Waals surface area contributed by atoms with Crippen molar-refractivity contribution in [1.29, 1.82) is 0 Å². The van der Waals surface area contributed by atoms with Crippen molar-refractivity contribution < 1.29 is 23.8 Å². The molecule has 1 aliphatic heterocycles. The van der Waals surface area contributed by atoms with Crippen LogP contribution in [0.25, 0.3) is 22.1 Å². The molecule has 1 fully saturated rings. The van der Waals surface area contributed by atoms with E-state index >= 15 is 0 Å². The Bertz CT molecular complexity index is 1700. The molecular formula is C33H29N3O5. The van der Waals surface area contributed by atoms with Crippen LogP contribution in [0.1, 0.15) is 32.9 Å². The quantitative estimate of drug-likeness (QED) is 0.224. The highest BCUT2D eigenvalue weighted by Crippen LogP contribution is 2.31. The fourth-order valence-corrected chi connectivity index (χ4v) is 5.17. The lowest BCUT2D eigenvalue weighted by atomic mass is 10.0. The van der Waals surface area contributed by atoms with Crippen molar-refractivity contribution in [2.45, 2.75) is 13.3 Å². The SMILES string of the molecule is Cc1c(C(=O)Nc2ccc(N3CCC(COc4ccc(C(=O)O)cc4)C3)nc2)oc2ccc(-c3ccccc3)cc12. The molecule has 0 spiro atoms. The summed E-state index contributed by atoms with van der Waals surface area (Å²) in [6.45, 7) is 4.10. The largest absolute Gasteiger partial charge is 0.493 e. The van der Waals surface area contributed by atoms with Gasteiger partial charge in [0, 0.05) is 30.0 Å². The summed E-state index contributed by atoms with van der Waals surface area (Å²) < 4.78 is 11.8. The van der Waals surface area contributed by atoms with Crippen molar-refractivity contribution >= 4 is 34.4 Å². The number of hydrogen-bond donors (Lipinski definition) is 2. The lowest BCUT2D eigenvalue weighted by Gasteiger charge is -2.18. The Kier molecular flexibility index (Phi) is 7.12. The molecule has 1 atom stereocenters. The second-order valence-corrected chi connectivity index (χ2v) is 10.2. The van der Waals surface area contributed by atoms with Crippen LogP contribution < -0.4 is 15.0 Å². The molecule has 8 heteroatoms. The third-order valence-electron chi connectivity index (χ3n) is 7.45. The third kappa shape index (κ3) is 5.63. The molecule has 3 aromatic carbocycles. The Hall–Kier alpha value is -5.11. The number of nitrogens with one attached hydrogen (secondary N) is 1. The molecule has 0 radical (unpaired) electrons. The van der Waals surface area contributed by atoms with Gasteiger partial charge in [-0.3, -0.25) is 4.79 Å². The summed E-state index contributed by atoms with van der Waals surface area (Å²) in [4.78, 5) is 30.9. The van der Waals surface area contributed by atoms with E-state index in [2.05, 4.69) is 33.4 Å². The number of carbonyl (C=O) groups excluding carboxylic acids is 1. The zero-order chi connectivity index (χ0) is 28.3. The number of carboxylic acids is 1. The predicted octanol–water partition coefficient (Wildman–Crippen LogP) is 6.66. The van der Waals surface area contributed by atoms with Crippen LogP contribution in [0.3, 0.4) is 0 Å². The van der Waals surface area contributed by atoms with Crippen LogP contribution in [0.15, 0.2) is 95.5 Å². The minimum Gasteiger partial charge on any atom is -0.493 e. The number of ether oxygens (including phenoxy) is 1. The van der Waals surface area contributed by atoms with Gasteiger partial charge >= 0.3 is 5.97 Å². The normalized spacial score (nSPS) is 14.8. The number of nitrogens with zero attached hydrogens (tertiary/aromatic N) is 2. The summed E-state index contributed by atoms with van der Waals surface area (Å²) in [6.07, 6.45) is 2.62. The molecule has 0 bridgehead atoms. The summed E-state index contributed by atoms with van der Waals surface area (Å²) in [5.41, 5.74) is 4.47. The van der Waals surface area contributed by atoms with Gasteiger partial charge in [-0.25, -0.2) is 9.78 Å². The molecule has 0 saturated carbocycles. The number of benzene rings is 3. The molecule has 206 valence electrons. The summed E-state index contributed by atoms with van der Waals surface area (Å²) in [6, 6.07) is 26.3. The van der Waals surface area contributed by atoms with Crippen LogP contribution >= 0.6 is 0 Å². The van der Waals surface area contributed by atoms with E-state index in [4.69, 9.17) is 14.3 Å². The average molecular weight is 548 g/mol. The fraction of sp³-hybridized carbons (Fsp3) is 0.182. The number of anilines is 2. The zero-order valence-corrected chi connectivity index (χ0v) is 22.5. The van der Waals surface area contributed by atoms with Crippen molar-refractivity contribution in [1.82, 2.24) is 4.98 Å². The standard InChI is InChI=1S/C33H29N3O5/c1-21-28-17-25(23-5-3-2-4-6-23)9-13-29(28)41-31(21)32(37)35-26-10-14-30(34-18-26)36-16-15-22(19-36)20-40-27-11-7-24(8-12-27)33(38)39/h2-14,17-18,22H,15-16,19-20H2,1H3,(H,35,37)(H,38,39). The van der Waals surface area contributed by atoms with Gasteiger partial charge in [0.2, 0.25) is 0 Å². The van der Waals surface area contributed by atoms with Gasteiger partial charge in [-0.2, -0.15) is 0 Å². The number of carbonyl (C=O) groups is 2. The molecule has 6 rings (SSSR count). The van der Waals surface area contributed by atoms with Crippen LogP contribution in [-0.2, 0) is 0 Å². The van der Waals surface area contributed by atoms with E-state index in [-0.39, 0.29) is 17.2 Å². The molecule has 1 amide bonds. The zero-order valence-electron chi connectivity index (χ0n) is 22.5. The molecule has 8 nitrogen and oxygen atoms in total. The van der Waals surface area contributed by atoms with Crippen LogP contribution in [0.4, 0.5) is 11.5 Å². The van der Waals surface area contributed by atoms with E-state index in [9.17, 15) is 9.59 Å².